The standard InChI is InChI=1S/C12H13FOS/c13-10-2-1-3-11-9(10)8-12(15-11)4-6-14-7-5-12/h1-3H,4-8H2. The maximum atomic E-state index is 13.6. The molecule has 1 spiro atoms. The number of fused-ring (bicyclic) bond motifs is 1. The third-order valence-electron chi connectivity index (χ3n) is 3.31. The highest BCUT2D eigenvalue weighted by molar-refractivity contribution is 8.01. The second kappa shape index (κ2) is 3.49. The van der Waals surface area contributed by atoms with E-state index in [9.17, 15) is 4.39 Å². The Labute approximate surface area is 93.0 Å². The predicted octanol–water partition coefficient (Wildman–Crippen LogP) is 3.02. The van der Waals surface area contributed by atoms with Gasteiger partial charge in [-0.05, 0) is 31.4 Å². The lowest BCUT2D eigenvalue weighted by molar-refractivity contribution is 0.0781. The Balaban J connectivity index is 1.94. The van der Waals surface area contributed by atoms with Crippen LogP contribution in [0.15, 0.2) is 23.1 Å². The third-order valence-corrected chi connectivity index (χ3v) is 4.89. The van der Waals surface area contributed by atoms with E-state index in [1.807, 2.05) is 17.8 Å². The first-order valence-electron chi connectivity index (χ1n) is 5.33. The van der Waals surface area contributed by atoms with Crippen molar-refractivity contribution in [1.82, 2.24) is 0 Å². The molecule has 0 N–H and O–H groups in total. The van der Waals surface area contributed by atoms with E-state index in [2.05, 4.69) is 0 Å². The number of hydrogen-bond acceptors (Lipinski definition) is 2. The summed E-state index contributed by atoms with van der Waals surface area (Å²) < 4.78 is 19.2. The van der Waals surface area contributed by atoms with Crippen LogP contribution < -0.4 is 0 Å². The maximum absolute atomic E-state index is 13.6. The number of rotatable bonds is 0. The van der Waals surface area contributed by atoms with E-state index in [-0.39, 0.29) is 10.6 Å². The lowest BCUT2D eigenvalue weighted by Gasteiger charge is -2.32. The molecule has 2 aliphatic heterocycles. The summed E-state index contributed by atoms with van der Waals surface area (Å²) in [5.74, 6) is -0.0385. The van der Waals surface area contributed by atoms with E-state index in [4.69, 9.17) is 4.74 Å². The van der Waals surface area contributed by atoms with Crippen molar-refractivity contribution in [3.05, 3.63) is 29.6 Å². The van der Waals surface area contributed by atoms with Crippen LogP contribution in [0.5, 0.6) is 0 Å². The molecular weight excluding hydrogens is 211 g/mol. The normalized spacial score (nSPS) is 23.0. The third kappa shape index (κ3) is 1.58. The minimum Gasteiger partial charge on any atom is -0.381 e. The van der Waals surface area contributed by atoms with Crippen LogP contribution >= 0.6 is 11.8 Å². The summed E-state index contributed by atoms with van der Waals surface area (Å²) in [6.07, 6.45) is 2.97. The Morgan fingerprint density at radius 1 is 1.27 bits per heavy atom. The van der Waals surface area contributed by atoms with Gasteiger partial charge in [0.15, 0.2) is 0 Å². The van der Waals surface area contributed by atoms with Gasteiger partial charge in [-0.1, -0.05) is 6.07 Å². The Morgan fingerprint density at radius 2 is 2.07 bits per heavy atom. The van der Waals surface area contributed by atoms with Crippen LogP contribution in [-0.2, 0) is 11.2 Å². The van der Waals surface area contributed by atoms with Gasteiger partial charge < -0.3 is 4.74 Å². The van der Waals surface area contributed by atoms with Crippen molar-refractivity contribution in [3.63, 3.8) is 0 Å². The van der Waals surface area contributed by atoms with Crippen LogP contribution in [0.25, 0.3) is 0 Å². The summed E-state index contributed by atoms with van der Waals surface area (Å²) >= 11 is 1.85. The zero-order valence-electron chi connectivity index (χ0n) is 8.46. The molecule has 0 unspecified atom stereocenters. The van der Waals surface area contributed by atoms with E-state index in [1.54, 1.807) is 12.1 Å². The fraction of sp³-hybridized carbons (Fsp3) is 0.500. The van der Waals surface area contributed by atoms with Crippen LogP contribution in [-0.4, -0.2) is 18.0 Å². The van der Waals surface area contributed by atoms with Crippen molar-refractivity contribution < 1.29 is 9.13 Å². The second-order valence-electron chi connectivity index (χ2n) is 4.29. The fourth-order valence-electron chi connectivity index (χ4n) is 2.42. The molecule has 2 heterocycles. The molecule has 1 fully saturated rings. The maximum Gasteiger partial charge on any atom is 0.127 e. The van der Waals surface area contributed by atoms with Gasteiger partial charge in [0, 0.05) is 28.4 Å². The van der Waals surface area contributed by atoms with Gasteiger partial charge >= 0.3 is 0 Å². The van der Waals surface area contributed by atoms with Crippen molar-refractivity contribution >= 4 is 11.8 Å². The quantitative estimate of drug-likeness (QED) is 0.670. The first-order valence-corrected chi connectivity index (χ1v) is 6.15. The van der Waals surface area contributed by atoms with Crippen molar-refractivity contribution in [3.8, 4) is 0 Å². The lowest BCUT2D eigenvalue weighted by atomic mass is 9.92. The van der Waals surface area contributed by atoms with E-state index in [1.165, 1.54) is 0 Å². The average Bonchev–Trinajstić information content (AvgIpc) is 2.59. The predicted molar refractivity (Wildman–Crippen MR) is 58.7 cm³/mol. The van der Waals surface area contributed by atoms with E-state index < -0.39 is 0 Å². The average molecular weight is 224 g/mol. The molecule has 1 aromatic rings. The highest BCUT2D eigenvalue weighted by Gasteiger charge is 2.40. The van der Waals surface area contributed by atoms with Crippen LogP contribution in [0.4, 0.5) is 4.39 Å². The molecule has 1 saturated heterocycles. The molecule has 0 amide bonds. The molecular formula is C12H13FOS. The van der Waals surface area contributed by atoms with Gasteiger partial charge in [0.25, 0.3) is 0 Å². The molecule has 15 heavy (non-hydrogen) atoms. The summed E-state index contributed by atoms with van der Waals surface area (Å²) in [6, 6.07) is 5.41. The van der Waals surface area contributed by atoms with Gasteiger partial charge in [0.1, 0.15) is 5.82 Å². The van der Waals surface area contributed by atoms with Crippen molar-refractivity contribution in [2.45, 2.75) is 28.9 Å². The summed E-state index contributed by atoms with van der Waals surface area (Å²) in [5, 5.41) is 0. The molecule has 0 aliphatic carbocycles. The smallest absolute Gasteiger partial charge is 0.127 e. The van der Waals surface area contributed by atoms with Gasteiger partial charge in [0.05, 0.1) is 0 Å². The molecule has 0 atom stereocenters. The molecule has 80 valence electrons. The Kier molecular flexibility index (Phi) is 2.25. The summed E-state index contributed by atoms with van der Waals surface area (Å²) in [5.41, 5.74) is 0.921. The second-order valence-corrected chi connectivity index (χ2v) is 5.80. The van der Waals surface area contributed by atoms with Crippen molar-refractivity contribution in [1.29, 1.82) is 0 Å². The molecule has 2 aliphatic rings. The van der Waals surface area contributed by atoms with Crippen LogP contribution in [0.3, 0.4) is 0 Å². The molecule has 3 heteroatoms. The first kappa shape index (κ1) is 9.67. The Hall–Kier alpha value is -0.540. The molecule has 1 nitrogen and oxygen atoms in total. The number of thioether (sulfide) groups is 1. The Morgan fingerprint density at radius 3 is 2.80 bits per heavy atom. The number of halogens is 1. The molecule has 0 aromatic heterocycles. The highest BCUT2D eigenvalue weighted by Crippen LogP contribution is 2.50. The van der Waals surface area contributed by atoms with Crippen LogP contribution in [0, 0.1) is 5.82 Å². The zero-order chi connectivity index (χ0) is 10.3. The van der Waals surface area contributed by atoms with E-state index in [0.717, 1.165) is 42.9 Å². The number of hydrogen-bond donors (Lipinski definition) is 0. The van der Waals surface area contributed by atoms with Gasteiger partial charge in [0.2, 0.25) is 0 Å². The van der Waals surface area contributed by atoms with Gasteiger partial charge in [-0.3, -0.25) is 0 Å². The van der Waals surface area contributed by atoms with Crippen molar-refractivity contribution in [2.75, 3.05) is 13.2 Å². The van der Waals surface area contributed by atoms with Gasteiger partial charge in [-0.25, -0.2) is 4.39 Å². The Bertz CT molecular complexity index is 385. The molecule has 0 radical (unpaired) electrons. The number of benzene rings is 1. The molecule has 0 saturated carbocycles. The summed E-state index contributed by atoms with van der Waals surface area (Å²) in [4.78, 5) is 1.14. The topological polar surface area (TPSA) is 9.23 Å². The summed E-state index contributed by atoms with van der Waals surface area (Å²) in [6.45, 7) is 1.64. The molecule has 1 aromatic carbocycles. The monoisotopic (exact) mass is 224 g/mol. The van der Waals surface area contributed by atoms with Gasteiger partial charge in [-0.2, -0.15) is 0 Å². The SMILES string of the molecule is Fc1cccc2c1CC1(CCOCC1)S2. The minimum absolute atomic E-state index is 0.0385. The largest absolute Gasteiger partial charge is 0.381 e. The summed E-state index contributed by atoms with van der Waals surface area (Å²) in [7, 11) is 0. The lowest BCUT2D eigenvalue weighted by Crippen LogP contribution is -2.32. The van der Waals surface area contributed by atoms with E-state index >= 15 is 0 Å². The van der Waals surface area contributed by atoms with Crippen molar-refractivity contribution in [2.24, 2.45) is 0 Å². The minimum atomic E-state index is -0.0385. The molecule has 0 bridgehead atoms. The van der Waals surface area contributed by atoms with Crippen LogP contribution in [0.1, 0.15) is 18.4 Å². The molecule has 3 rings (SSSR count). The highest BCUT2D eigenvalue weighted by atomic mass is 32.2. The first-order chi connectivity index (χ1) is 7.29. The van der Waals surface area contributed by atoms with Gasteiger partial charge in [-0.15, -0.1) is 11.8 Å². The zero-order valence-corrected chi connectivity index (χ0v) is 9.28. The fourth-order valence-corrected chi connectivity index (χ4v) is 3.91. The van der Waals surface area contributed by atoms with Crippen LogP contribution in [0.2, 0.25) is 0 Å². The number of ether oxygens (including phenoxy) is 1. The van der Waals surface area contributed by atoms with E-state index in [0.29, 0.717) is 0 Å².